The fraction of sp³-hybridized carbons (Fsp3) is 0.273. The van der Waals surface area contributed by atoms with Crippen molar-refractivity contribution >= 4 is 28.4 Å². The van der Waals surface area contributed by atoms with Gasteiger partial charge < -0.3 is 0 Å². The Bertz CT molecular complexity index is 986. The number of aromatic nitrogens is 1. The van der Waals surface area contributed by atoms with E-state index < -0.39 is 0 Å². The Morgan fingerprint density at radius 2 is 1.64 bits per heavy atom. The Balaban J connectivity index is 1.74. The molecule has 2 aromatic carbocycles. The highest BCUT2D eigenvalue weighted by Crippen LogP contribution is 2.47. The van der Waals surface area contributed by atoms with E-state index in [9.17, 15) is 0 Å². The molecule has 4 rings (SSSR count). The van der Waals surface area contributed by atoms with Gasteiger partial charge in [-0.3, -0.25) is 4.98 Å². The molecule has 1 atom stereocenters. The van der Waals surface area contributed by atoms with Gasteiger partial charge in [0.25, 0.3) is 0 Å². The third-order valence-electron chi connectivity index (χ3n) is 4.96. The SMILES string of the molecule is Cc1cc(C)cc(C2(C)CC(c3ncc(C)c4ccccc34)=NS2)c1. The Kier molecular flexibility index (Phi) is 3.92. The van der Waals surface area contributed by atoms with Gasteiger partial charge in [0.05, 0.1) is 16.2 Å². The molecule has 0 aliphatic carbocycles. The first-order valence-electron chi connectivity index (χ1n) is 8.65. The van der Waals surface area contributed by atoms with Gasteiger partial charge in [0.15, 0.2) is 0 Å². The van der Waals surface area contributed by atoms with Gasteiger partial charge in [0, 0.05) is 18.0 Å². The molecular formula is C22H22N2S. The standard InChI is InChI=1S/C22H22N2S/c1-14-9-15(2)11-17(10-14)22(4)12-20(24-25-22)21-19-8-6-5-7-18(19)16(3)13-23-21/h5-11,13H,12H2,1-4H3. The van der Waals surface area contributed by atoms with Gasteiger partial charge in [-0.2, -0.15) is 0 Å². The van der Waals surface area contributed by atoms with Crippen molar-refractivity contribution in [3.8, 4) is 0 Å². The Labute approximate surface area is 153 Å². The summed E-state index contributed by atoms with van der Waals surface area (Å²) in [7, 11) is 0. The third-order valence-corrected chi connectivity index (χ3v) is 6.06. The van der Waals surface area contributed by atoms with Gasteiger partial charge >= 0.3 is 0 Å². The van der Waals surface area contributed by atoms with Gasteiger partial charge in [0.1, 0.15) is 0 Å². The number of nitrogens with zero attached hydrogens (tertiary/aromatic N) is 2. The molecule has 3 heteroatoms. The van der Waals surface area contributed by atoms with Crippen LogP contribution < -0.4 is 0 Å². The van der Waals surface area contributed by atoms with E-state index in [1.54, 1.807) is 11.9 Å². The second kappa shape index (κ2) is 5.99. The van der Waals surface area contributed by atoms with Crippen LogP contribution >= 0.6 is 11.9 Å². The van der Waals surface area contributed by atoms with Crippen molar-refractivity contribution in [2.75, 3.05) is 0 Å². The van der Waals surface area contributed by atoms with E-state index in [0.717, 1.165) is 17.8 Å². The number of pyridine rings is 1. The summed E-state index contributed by atoms with van der Waals surface area (Å²) >= 11 is 1.68. The molecule has 25 heavy (non-hydrogen) atoms. The smallest absolute Gasteiger partial charge is 0.0930 e. The van der Waals surface area contributed by atoms with E-state index in [-0.39, 0.29) is 4.75 Å². The predicted molar refractivity (Wildman–Crippen MR) is 108 cm³/mol. The summed E-state index contributed by atoms with van der Waals surface area (Å²) in [5, 5.41) is 2.46. The Morgan fingerprint density at radius 1 is 0.960 bits per heavy atom. The lowest BCUT2D eigenvalue weighted by atomic mass is 9.90. The quantitative estimate of drug-likeness (QED) is 0.538. The number of rotatable bonds is 2. The molecule has 0 amide bonds. The topological polar surface area (TPSA) is 25.2 Å². The number of hydrogen-bond acceptors (Lipinski definition) is 3. The fourth-order valence-electron chi connectivity index (χ4n) is 3.67. The van der Waals surface area contributed by atoms with Crippen LogP contribution in [0.15, 0.2) is 53.1 Å². The van der Waals surface area contributed by atoms with Gasteiger partial charge in [-0.25, -0.2) is 4.40 Å². The van der Waals surface area contributed by atoms with Gasteiger partial charge in [-0.15, -0.1) is 0 Å². The zero-order valence-corrected chi connectivity index (χ0v) is 15.9. The molecule has 0 saturated heterocycles. The summed E-state index contributed by atoms with van der Waals surface area (Å²) < 4.78 is 4.82. The largest absolute Gasteiger partial charge is 0.254 e. The van der Waals surface area contributed by atoms with Gasteiger partial charge in [-0.1, -0.05) is 53.6 Å². The van der Waals surface area contributed by atoms with Crippen LogP contribution in [0, 0.1) is 20.8 Å². The molecule has 3 aromatic rings. The molecule has 2 heterocycles. The molecule has 0 N–H and O–H groups in total. The molecule has 1 aliphatic rings. The maximum atomic E-state index is 4.85. The molecule has 0 bridgehead atoms. The number of benzene rings is 2. The minimum Gasteiger partial charge on any atom is -0.254 e. The molecule has 0 radical (unpaired) electrons. The number of hydrogen-bond donors (Lipinski definition) is 0. The summed E-state index contributed by atoms with van der Waals surface area (Å²) in [6.07, 6.45) is 2.87. The van der Waals surface area contributed by atoms with E-state index in [0.29, 0.717) is 0 Å². The highest BCUT2D eigenvalue weighted by atomic mass is 32.2. The molecule has 0 saturated carbocycles. The van der Waals surface area contributed by atoms with Crippen LogP contribution in [-0.4, -0.2) is 10.7 Å². The summed E-state index contributed by atoms with van der Waals surface area (Å²) in [5.41, 5.74) is 7.31. The van der Waals surface area contributed by atoms with Crippen LogP contribution in [0.25, 0.3) is 10.8 Å². The van der Waals surface area contributed by atoms with Crippen molar-refractivity contribution in [3.63, 3.8) is 0 Å². The second-order valence-electron chi connectivity index (χ2n) is 7.25. The number of fused-ring (bicyclic) bond motifs is 1. The first-order valence-corrected chi connectivity index (χ1v) is 9.42. The molecule has 2 nitrogen and oxygen atoms in total. The molecule has 1 aromatic heterocycles. The third kappa shape index (κ3) is 2.87. The van der Waals surface area contributed by atoms with Crippen molar-refractivity contribution in [2.24, 2.45) is 4.40 Å². The molecule has 0 fully saturated rings. The summed E-state index contributed by atoms with van der Waals surface area (Å²) in [4.78, 5) is 4.74. The minimum atomic E-state index is -0.0280. The van der Waals surface area contributed by atoms with E-state index in [2.05, 4.69) is 70.2 Å². The summed E-state index contributed by atoms with van der Waals surface area (Å²) in [5.74, 6) is 0. The average Bonchev–Trinajstić information content (AvgIpc) is 2.98. The number of aryl methyl sites for hydroxylation is 3. The van der Waals surface area contributed by atoms with Crippen LogP contribution in [0.4, 0.5) is 0 Å². The lowest BCUT2D eigenvalue weighted by Crippen LogP contribution is -2.18. The van der Waals surface area contributed by atoms with Crippen LogP contribution in [0.3, 0.4) is 0 Å². The molecule has 126 valence electrons. The minimum absolute atomic E-state index is 0.0280. The highest BCUT2D eigenvalue weighted by molar-refractivity contribution is 7.99. The van der Waals surface area contributed by atoms with Crippen LogP contribution in [0.1, 0.15) is 41.3 Å². The lowest BCUT2D eigenvalue weighted by Gasteiger charge is -2.23. The molecule has 1 aliphatic heterocycles. The maximum Gasteiger partial charge on any atom is 0.0930 e. The first-order chi connectivity index (χ1) is 12.0. The van der Waals surface area contributed by atoms with Crippen molar-refractivity contribution in [1.82, 2.24) is 4.98 Å². The lowest BCUT2D eigenvalue weighted by molar-refractivity contribution is 0.738. The van der Waals surface area contributed by atoms with Gasteiger partial charge in [-0.05, 0) is 56.2 Å². The van der Waals surface area contributed by atoms with E-state index in [4.69, 9.17) is 9.38 Å². The second-order valence-corrected chi connectivity index (χ2v) is 8.51. The Morgan fingerprint density at radius 3 is 2.36 bits per heavy atom. The van der Waals surface area contributed by atoms with Crippen LogP contribution in [0.2, 0.25) is 0 Å². The Hall–Kier alpha value is -2.13. The van der Waals surface area contributed by atoms with E-state index in [1.165, 1.54) is 33.0 Å². The zero-order chi connectivity index (χ0) is 17.6. The van der Waals surface area contributed by atoms with Crippen LogP contribution in [0.5, 0.6) is 0 Å². The zero-order valence-electron chi connectivity index (χ0n) is 15.1. The molecular weight excluding hydrogens is 324 g/mol. The summed E-state index contributed by atoms with van der Waals surface area (Å²) in [6.45, 7) is 8.73. The molecule has 0 spiro atoms. The van der Waals surface area contributed by atoms with Crippen LogP contribution in [-0.2, 0) is 4.75 Å². The van der Waals surface area contributed by atoms with Crippen molar-refractivity contribution in [3.05, 3.63) is 76.6 Å². The first kappa shape index (κ1) is 16.3. The van der Waals surface area contributed by atoms with E-state index in [1.807, 2.05) is 6.20 Å². The van der Waals surface area contributed by atoms with E-state index >= 15 is 0 Å². The molecule has 1 unspecified atom stereocenters. The van der Waals surface area contributed by atoms with Gasteiger partial charge in [0.2, 0.25) is 0 Å². The fourth-order valence-corrected chi connectivity index (χ4v) is 4.55. The van der Waals surface area contributed by atoms with Crippen molar-refractivity contribution in [1.29, 1.82) is 0 Å². The average molecular weight is 346 g/mol. The maximum absolute atomic E-state index is 4.85. The summed E-state index contributed by atoms with van der Waals surface area (Å²) in [6, 6.07) is 15.3. The normalized spacial score (nSPS) is 20.1. The predicted octanol–water partition coefficient (Wildman–Crippen LogP) is 5.92. The monoisotopic (exact) mass is 346 g/mol. The van der Waals surface area contributed by atoms with Crippen molar-refractivity contribution in [2.45, 2.75) is 38.9 Å². The highest BCUT2D eigenvalue weighted by Gasteiger charge is 2.36. The van der Waals surface area contributed by atoms with Crippen molar-refractivity contribution < 1.29 is 0 Å².